The average Bonchev–Trinajstić information content (AvgIpc) is 2.78. The molecular formula is C24H24FN2Na2O6P. The van der Waals surface area contributed by atoms with Crippen LogP contribution in [0.4, 0.5) is 9.18 Å². The number of amides is 2. The fourth-order valence-electron chi connectivity index (χ4n) is 3.24. The van der Waals surface area contributed by atoms with Gasteiger partial charge in [0.15, 0.2) is 0 Å². The van der Waals surface area contributed by atoms with Gasteiger partial charge >= 0.3 is 65.1 Å². The predicted molar refractivity (Wildman–Crippen MR) is 122 cm³/mol. The van der Waals surface area contributed by atoms with E-state index in [2.05, 4.69) is 4.52 Å². The number of urea groups is 1. The number of carbonyl (C=O) groups is 1. The molecule has 0 saturated heterocycles. The molecule has 0 atom stereocenters. The Bertz CT molecular complexity index is 1160. The summed E-state index contributed by atoms with van der Waals surface area (Å²) < 4.78 is 34.3. The second kappa shape index (κ2) is 15.1. The third kappa shape index (κ3) is 10.5. The van der Waals surface area contributed by atoms with Crippen molar-refractivity contribution in [2.24, 2.45) is 0 Å². The molecule has 0 bridgehead atoms. The van der Waals surface area contributed by atoms with Crippen molar-refractivity contribution in [1.82, 2.24) is 9.80 Å². The molecule has 0 aromatic heterocycles. The van der Waals surface area contributed by atoms with Crippen LogP contribution in [0.25, 0.3) is 11.1 Å². The Labute approximate surface area is 254 Å². The number of hydrogen-bond acceptors (Lipinski definition) is 6. The Morgan fingerprint density at radius 1 is 0.917 bits per heavy atom. The van der Waals surface area contributed by atoms with Crippen molar-refractivity contribution in [3.63, 3.8) is 0 Å². The van der Waals surface area contributed by atoms with Gasteiger partial charge in [0.25, 0.3) is 0 Å². The number of benzene rings is 3. The first-order valence-corrected chi connectivity index (χ1v) is 11.8. The van der Waals surface area contributed by atoms with Crippen LogP contribution in [-0.4, -0.2) is 43.1 Å². The van der Waals surface area contributed by atoms with Gasteiger partial charge in [0.05, 0.1) is 6.54 Å². The van der Waals surface area contributed by atoms with Gasteiger partial charge in [-0.3, -0.25) is 0 Å². The Balaban J connectivity index is 0.00000324. The zero-order chi connectivity index (χ0) is 24.7. The molecule has 8 nitrogen and oxygen atoms in total. The number of carbonyl (C=O) groups excluding carboxylic acids is 1. The number of phosphoric ester groups is 1. The molecule has 0 heterocycles. The molecule has 3 rings (SSSR count). The zero-order valence-electron chi connectivity index (χ0n) is 20.7. The van der Waals surface area contributed by atoms with Crippen molar-refractivity contribution in [1.29, 1.82) is 0 Å². The van der Waals surface area contributed by atoms with Crippen LogP contribution in [0.5, 0.6) is 11.5 Å². The second-order valence-corrected chi connectivity index (χ2v) is 8.74. The summed E-state index contributed by atoms with van der Waals surface area (Å²) in [6.07, 6.45) is 0. The molecule has 0 spiro atoms. The summed E-state index contributed by atoms with van der Waals surface area (Å²) in [4.78, 5) is 36.9. The molecule has 0 fully saturated rings. The summed E-state index contributed by atoms with van der Waals surface area (Å²) in [5.74, 6) is 0.196. The van der Waals surface area contributed by atoms with E-state index in [1.54, 1.807) is 55.4 Å². The first kappa shape index (κ1) is 32.6. The quantitative estimate of drug-likeness (QED) is 0.219. The van der Waals surface area contributed by atoms with Crippen LogP contribution in [-0.2, 0) is 11.1 Å². The van der Waals surface area contributed by atoms with E-state index in [4.69, 9.17) is 4.74 Å². The molecule has 0 unspecified atom stereocenters. The first-order valence-electron chi connectivity index (χ1n) is 10.4. The number of rotatable bonds is 9. The van der Waals surface area contributed by atoms with E-state index in [1.165, 1.54) is 29.2 Å². The molecule has 36 heavy (non-hydrogen) atoms. The first-order chi connectivity index (χ1) is 16.1. The molecule has 0 aliphatic heterocycles. The SMILES string of the molecule is CN(C)C(=O)N(CCOc1ccc(-c2ccc(OP(=O)([O-])[O-])cc2)cc1)Cc1cccc(F)c1.[Na+].[Na+]. The molecule has 0 saturated carbocycles. The minimum atomic E-state index is -5.09. The molecule has 180 valence electrons. The Kier molecular flexibility index (Phi) is 13.7. The standard InChI is InChI=1S/C24H26FN2O6P.2Na/c1-26(2)24(28)27(17-18-4-3-5-21(25)16-18)14-15-32-22-10-6-19(7-11-22)20-8-12-23(13-9-20)33-34(29,30)31;;/h3-13,16H,14-15,17H2,1-2H3,(H2,29,30,31);;/q;2*+1/p-2. The number of nitrogens with zero attached hydrogens (tertiary/aromatic N) is 2. The molecule has 0 aliphatic carbocycles. The van der Waals surface area contributed by atoms with Crippen molar-refractivity contribution in [3.05, 3.63) is 84.2 Å². The third-order valence-electron chi connectivity index (χ3n) is 4.80. The van der Waals surface area contributed by atoms with Crippen molar-refractivity contribution in [2.75, 3.05) is 27.2 Å². The molecule has 2 amide bonds. The topological polar surface area (TPSA) is 105 Å². The number of phosphoric acid groups is 1. The summed E-state index contributed by atoms with van der Waals surface area (Å²) in [6, 6.07) is 19.2. The molecule has 3 aromatic carbocycles. The van der Waals surface area contributed by atoms with Gasteiger partial charge in [-0.1, -0.05) is 36.4 Å². The van der Waals surface area contributed by atoms with Crippen LogP contribution >= 0.6 is 7.82 Å². The van der Waals surface area contributed by atoms with Crippen LogP contribution < -0.4 is 78.2 Å². The fourth-order valence-corrected chi connectivity index (χ4v) is 3.62. The van der Waals surface area contributed by atoms with Gasteiger partial charge in [0, 0.05) is 20.6 Å². The number of ether oxygens (including phenoxy) is 1. The molecule has 0 N–H and O–H groups in total. The maximum Gasteiger partial charge on any atom is 1.00 e. The van der Waals surface area contributed by atoms with Gasteiger partial charge in [-0.25, -0.2) is 9.18 Å². The van der Waals surface area contributed by atoms with Crippen molar-refractivity contribution in [2.45, 2.75) is 6.54 Å². The molecule has 12 heteroatoms. The summed E-state index contributed by atoms with van der Waals surface area (Å²) in [6.45, 7) is 0.801. The van der Waals surface area contributed by atoms with E-state index in [-0.39, 0.29) is 89.9 Å². The summed E-state index contributed by atoms with van der Waals surface area (Å²) in [5.41, 5.74) is 2.33. The smallest absolute Gasteiger partial charge is 0.780 e. The van der Waals surface area contributed by atoms with Crippen LogP contribution in [0.1, 0.15) is 5.56 Å². The van der Waals surface area contributed by atoms with E-state index in [0.29, 0.717) is 17.9 Å². The van der Waals surface area contributed by atoms with Gasteiger partial charge in [-0.15, -0.1) is 0 Å². The van der Waals surface area contributed by atoms with Gasteiger partial charge < -0.3 is 33.4 Å². The third-order valence-corrected chi connectivity index (χ3v) is 5.24. The van der Waals surface area contributed by atoms with E-state index >= 15 is 0 Å². The normalized spacial score (nSPS) is 10.5. The minimum absolute atomic E-state index is 0. The second-order valence-electron chi connectivity index (χ2n) is 7.66. The molecule has 0 radical (unpaired) electrons. The maximum absolute atomic E-state index is 13.5. The summed E-state index contributed by atoms with van der Waals surface area (Å²) >= 11 is 0. The minimum Gasteiger partial charge on any atom is -0.780 e. The molecule has 3 aromatic rings. The van der Waals surface area contributed by atoms with Crippen molar-refractivity contribution >= 4 is 13.9 Å². The monoisotopic (exact) mass is 532 g/mol. The van der Waals surface area contributed by atoms with Gasteiger partial charge in [-0.2, -0.15) is 0 Å². The van der Waals surface area contributed by atoms with Gasteiger partial charge in [0.2, 0.25) is 0 Å². The molecular weight excluding hydrogens is 508 g/mol. The van der Waals surface area contributed by atoms with E-state index in [9.17, 15) is 23.5 Å². The fraction of sp³-hybridized carbons (Fsp3) is 0.208. The number of halogens is 1. The summed E-state index contributed by atoms with van der Waals surface area (Å²) in [5, 5.41) is 0. The largest absolute Gasteiger partial charge is 1.00 e. The van der Waals surface area contributed by atoms with Crippen molar-refractivity contribution in [3.8, 4) is 22.6 Å². The number of hydrogen-bond donors (Lipinski definition) is 0. The Morgan fingerprint density at radius 2 is 1.47 bits per heavy atom. The van der Waals surface area contributed by atoms with Crippen LogP contribution in [0.2, 0.25) is 0 Å². The van der Waals surface area contributed by atoms with Crippen molar-refractivity contribution < 1.29 is 91.9 Å². The van der Waals surface area contributed by atoms with Crippen LogP contribution in [0, 0.1) is 5.82 Å². The van der Waals surface area contributed by atoms with Gasteiger partial charge in [0.1, 0.15) is 31.7 Å². The zero-order valence-corrected chi connectivity index (χ0v) is 25.6. The maximum atomic E-state index is 13.5. The van der Waals surface area contributed by atoms with E-state index < -0.39 is 7.82 Å². The van der Waals surface area contributed by atoms with E-state index in [0.717, 1.165) is 11.1 Å². The van der Waals surface area contributed by atoms with Gasteiger partial charge in [-0.05, 0) is 53.1 Å². The average molecular weight is 532 g/mol. The van der Waals surface area contributed by atoms with E-state index in [1.807, 2.05) is 12.1 Å². The Hall–Kier alpha value is -1.39. The van der Waals surface area contributed by atoms with Crippen LogP contribution in [0.15, 0.2) is 72.8 Å². The predicted octanol–water partition coefficient (Wildman–Crippen LogP) is -2.73. The molecule has 0 aliphatic rings. The summed E-state index contributed by atoms with van der Waals surface area (Å²) in [7, 11) is -1.79. The Morgan fingerprint density at radius 3 is 1.97 bits per heavy atom. The van der Waals surface area contributed by atoms with Crippen LogP contribution in [0.3, 0.4) is 0 Å².